The average molecular weight is 255 g/mol. The minimum absolute atomic E-state index is 0.327. The minimum atomic E-state index is -0.897. The largest absolute Gasteiger partial charge is 0.478 e. The van der Waals surface area contributed by atoms with Crippen LogP contribution in [0.1, 0.15) is 21.5 Å². The van der Waals surface area contributed by atoms with Crippen LogP contribution in [0.5, 0.6) is 0 Å². The van der Waals surface area contributed by atoms with Crippen molar-refractivity contribution in [1.82, 2.24) is 0 Å². The summed E-state index contributed by atoms with van der Waals surface area (Å²) in [6.45, 7) is 2.63. The molecule has 0 saturated heterocycles. The van der Waals surface area contributed by atoms with Gasteiger partial charge in [0.2, 0.25) is 0 Å². The minimum Gasteiger partial charge on any atom is -0.478 e. The van der Waals surface area contributed by atoms with Crippen molar-refractivity contribution >= 4 is 11.7 Å². The molecule has 98 valence electrons. The number of rotatable bonds is 5. The smallest absolute Gasteiger partial charge is 0.337 e. The molecule has 0 atom stereocenters. The number of aromatic carboxylic acids is 1. The second-order valence-corrected chi connectivity index (χ2v) is 4.46. The maximum atomic E-state index is 11.2. The first kappa shape index (κ1) is 13.1. The van der Waals surface area contributed by atoms with Crippen molar-refractivity contribution in [1.29, 1.82) is 0 Å². The quantitative estimate of drug-likeness (QED) is 0.861. The molecule has 2 N–H and O–H groups in total. The van der Waals surface area contributed by atoms with E-state index in [4.69, 9.17) is 5.11 Å². The van der Waals surface area contributed by atoms with E-state index in [2.05, 4.69) is 17.4 Å². The number of nitrogens with one attached hydrogen (secondary N) is 1. The summed E-state index contributed by atoms with van der Waals surface area (Å²) in [5.41, 5.74) is 3.23. The molecule has 0 fully saturated rings. The van der Waals surface area contributed by atoms with Gasteiger partial charge in [0, 0.05) is 6.54 Å². The fourth-order valence-corrected chi connectivity index (χ4v) is 2.06. The molecule has 0 aliphatic carbocycles. The van der Waals surface area contributed by atoms with Crippen LogP contribution in [-0.4, -0.2) is 17.6 Å². The first-order valence-electron chi connectivity index (χ1n) is 6.29. The lowest BCUT2D eigenvalue weighted by Gasteiger charge is -2.12. The van der Waals surface area contributed by atoms with Gasteiger partial charge in [0.05, 0.1) is 11.3 Å². The number of carboxylic acid groups (broad SMARTS) is 1. The molecule has 2 rings (SSSR count). The molecule has 19 heavy (non-hydrogen) atoms. The topological polar surface area (TPSA) is 49.3 Å². The number of benzene rings is 2. The molecular weight excluding hydrogens is 238 g/mol. The van der Waals surface area contributed by atoms with Crippen LogP contribution in [0.2, 0.25) is 0 Å². The first-order chi connectivity index (χ1) is 9.18. The SMILES string of the molecule is Cc1cccc(C(=O)O)c1NCCc1ccccc1. The van der Waals surface area contributed by atoms with Gasteiger partial charge < -0.3 is 10.4 Å². The molecule has 0 saturated carbocycles. The Morgan fingerprint density at radius 2 is 1.84 bits per heavy atom. The predicted octanol–water partition coefficient (Wildman–Crippen LogP) is 3.35. The monoisotopic (exact) mass is 255 g/mol. The van der Waals surface area contributed by atoms with Gasteiger partial charge in [-0.05, 0) is 30.5 Å². The van der Waals surface area contributed by atoms with Crippen LogP contribution >= 0.6 is 0 Å². The van der Waals surface area contributed by atoms with E-state index >= 15 is 0 Å². The molecule has 0 spiro atoms. The van der Waals surface area contributed by atoms with Gasteiger partial charge in [0.1, 0.15) is 0 Å². The molecular formula is C16H17NO2. The van der Waals surface area contributed by atoms with Crippen LogP contribution in [0.15, 0.2) is 48.5 Å². The van der Waals surface area contributed by atoms with Crippen molar-refractivity contribution in [3.63, 3.8) is 0 Å². The second-order valence-electron chi connectivity index (χ2n) is 4.46. The van der Waals surface area contributed by atoms with Gasteiger partial charge in [-0.2, -0.15) is 0 Å². The number of hydrogen-bond donors (Lipinski definition) is 2. The molecule has 2 aromatic carbocycles. The fourth-order valence-electron chi connectivity index (χ4n) is 2.06. The van der Waals surface area contributed by atoms with Crippen LogP contribution in [-0.2, 0) is 6.42 Å². The summed E-state index contributed by atoms with van der Waals surface area (Å²) in [5.74, 6) is -0.897. The van der Waals surface area contributed by atoms with E-state index in [0.29, 0.717) is 11.3 Å². The van der Waals surface area contributed by atoms with Crippen LogP contribution in [0.4, 0.5) is 5.69 Å². The number of carbonyl (C=O) groups is 1. The Labute approximate surface area is 112 Å². The number of anilines is 1. The van der Waals surface area contributed by atoms with E-state index < -0.39 is 5.97 Å². The van der Waals surface area contributed by atoms with Crippen LogP contribution in [0.3, 0.4) is 0 Å². The van der Waals surface area contributed by atoms with Gasteiger partial charge in [-0.15, -0.1) is 0 Å². The van der Waals surface area contributed by atoms with Gasteiger partial charge in [-0.1, -0.05) is 42.5 Å². The Balaban J connectivity index is 2.05. The van der Waals surface area contributed by atoms with Crippen molar-refractivity contribution in [2.75, 3.05) is 11.9 Å². The van der Waals surface area contributed by atoms with E-state index in [-0.39, 0.29) is 0 Å². The molecule has 0 amide bonds. The highest BCUT2D eigenvalue weighted by atomic mass is 16.4. The molecule has 0 unspecified atom stereocenters. The molecule has 3 nitrogen and oxygen atoms in total. The zero-order valence-corrected chi connectivity index (χ0v) is 10.9. The van der Waals surface area contributed by atoms with Crippen LogP contribution in [0.25, 0.3) is 0 Å². The number of hydrogen-bond acceptors (Lipinski definition) is 2. The molecule has 0 aliphatic rings. The Bertz CT molecular complexity index is 564. The lowest BCUT2D eigenvalue weighted by atomic mass is 10.1. The molecule has 0 radical (unpaired) electrons. The maximum absolute atomic E-state index is 11.2. The summed E-state index contributed by atoms with van der Waals surface area (Å²) in [6, 6.07) is 15.4. The highest BCUT2D eigenvalue weighted by Gasteiger charge is 2.11. The summed E-state index contributed by atoms with van der Waals surface area (Å²) < 4.78 is 0. The third-order valence-corrected chi connectivity index (χ3v) is 3.06. The summed E-state index contributed by atoms with van der Waals surface area (Å²) in [6.07, 6.45) is 0.869. The van der Waals surface area contributed by atoms with E-state index in [1.54, 1.807) is 12.1 Å². The van der Waals surface area contributed by atoms with Crippen molar-refractivity contribution in [2.45, 2.75) is 13.3 Å². The highest BCUT2D eigenvalue weighted by Crippen LogP contribution is 2.20. The second kappa shape index (κ2) is 6.05. The number of carboxylic acids is 1. The summed E-state index contributed by atoms with van der Waals surface area (Å²) in [4.78, 5) is 11.2. The first-order valence-corrected chi connectivity index (χ1v) is 6.29. The third kappa shape index (κ3) is 3.35. The van der Waals surface area contributed by atoms with Crippen molar-refractivity contribution in [3.05, 3.63) is 65.2 Å². The molecule has 3 heteroatoms. The number of para-hydroxylation sites is 1. The maximum Gasteiger partial charge on any atom is 0.337 e. The average Bonchev–Trinajstić information content (AvgIpc) is 2.41. The van der Waals surface area contributed by atoms with Gasteiger partial charge in [0.25, 0.3) is 0 Å². The molecule has 0 bridgehead atoms. The number of aryl methyl sites for hydroxylation is 1. The van der Waals surface area contributed by atoms with Gasteiger partial charge >= 0.3 is 5.97 Å². The Morgan fingerprint density at radius 3 is 2.53 bits per heavy atom. The van der Waals surface area contributed by atoms with Crippen LogP contribution in [0, 0.1) is 6.92 Å². The third-order valence-electron chi connectivity index (χ3n) is 3.06. The molecule has 2 aromatic rings. The normalized spacial score (nSPS) is 10.2. The van der Waals surface area contributed by atoms with E-state index in [0.717, 1.165) is 18.5 Å². The van der Waals surface area contributed by atoms with Crippen molar-refractivity contribution < 1.29 is 9.90 Å². The predicted molar refractivity (Wildman–Crippen MR) is 76.8 cm³/mol. The molecule has 0 aliphatic heterocycles. The standard InChI is InChI=1S/C16H17NO2/c1-12-6-5-9-14(16(18)19)15(12)17-11-10-13-7-3-2-4-8-13/h2-9,17H,10-11H2,1H3,(H,18,19). The Kier molecular flexibility index (Phi) is 4.18. The van der Waals surface area contributed by atoms with E-state index in [1.165, 1.54) is 5.56 Å². The van der Waals surface area contributed by atoms with Gasteiger partial charge in [-0.3, -0.25) is 0 Å². The Hall–Kier alpha value is -2.29. The summed E-state index contributed by atoms with van der Waals surface area (Å²) >= 11 is 0. The highest BCUT2D eigenvalue weighted by molar-refractivity contribution is 5.95. The summed E-state index contributed by atoms with van der Waals surface area (Å²) in [5, 5.41) is 12.4. The lowest BCUT2D eigenvalue weighted by molar-refractivity contribution is 0.0698. The zero-order chi connectivity index (χ0) is 13.7. The Morgan fingerprint density at radius 1 is 1.11 bits per heavy atom. The van der Waals surface area contributed by atoms with Crippen molar-refractivity contribution in [2.24, 2.45) is 0 Å². The van der Waals surface area contributed by atoms with Crippen molar-refractivity contribution in [3.8, 4) is 0 Å². The van der Waals surface area contributed by atoms with Gasteiger partial charge in [-0.25, -0.2) is 4.79 Å². The van der Waals surface area contributed by atoms with E-state index in [1.807, 2.05) is 31.2 Å². The fraction of sp³-hybridized carbons (Fsp3) is 0.188. The zero-order valence-electron chi connectivity index (χ0n) is 10.9. The summed E-state index contributed by atoms with van der Waals surface area (Å²) in [7, 11) is 0. The molecule has 0 aromatic heterocycles. The molecule has 0 heterocycles. The van der Waals surface area contributed by atoms with E-state index in [9.17, 15) is 4.79 Å². The van der Waals surface area contributed by atoms with Crippen LogP contribution < -0.4 is 5.32 Å². The van der Waals surface area contributed by atoms with Gasteiger partial charge in [0.15, 0.2) is 0 Å². The lowest BCUT2D eigenvalue weighted by Crippen LogP contribution is -2.10.